The molecule has 84 valence electrons. The van der Waals surface area contributed by atoms with Gasteiger partial charge in [0.05, 0.1) is 12.4 Å². The fraction of sp³-hybridized carbons (Fsp3) is 0.875. The molecule has 0 spiro atoms. The highest BCUT2D eigenvalue weighted by Gasteiger charge is 2.31. The molecule has 0 bridgehead atoms. The molecule has 0 saturated carbocycles. The van der Waals surface area contributed by atoms with Gasteiger partial charge >= 0.3 is 6.18 Å². The maximum Gasteiger partial charge on any atom is 0.401 e. The van der Waals surface area contributed by atoms with E-state index in [-0.39, 0.29) is 18.3 Å². The van der Waals surface area contributed by atoms with Crippen LogP contribution in [0.4, 0.5) is 13.2 Å². The number of nitrogens with zero attached hydrogens (tertiary/aromatic N) is 1. The normalized spacial score (nSPS) is 14.4. The molecule has 0 aliphatic carbocycles. The number of halogens is 3. The van der Waals surface area contributed by atoms with Gasteiger partial charge in [-0.15, -0.1) is 0 Å². The quantitative estimate of drug-likeness (QED) is 0.536. The predicted octanol–water partition coefficient (Wildman–Crippen LogP) is 1.59. The Morgan fingerprint density at radius 2 is 2.00 bits per heavy atom. The van der Waals surface area contributed by atoms with Crippen molar-refractivity contribution < 1.29 is 13.2 Å². The lowest BCUT2D eigenvalue weighted by atomic mass is 10.2. The van der Waals surface area contributed by atoms with Crippen LogP contribution in [0.25, 0.3) is 0 Å². The lowest BCUT2D eigenvalue weighted by molar-refractivity contribution is -0.149. The van der Waals surface area contributed by atoms with Crippen LogP contribution in [0.1, 0.15) is 20.3 Å². The fourth-order valence-corrected chi connectivity index (χ4v) is 1.26. The number of rotatable bonds is 5. The minimum Gasteiger partial charge on any atom is -0.388 e. The number of amidine groups is 1. The highest BCUT2D eigenvalue weighted by Crippen LogP contribution is 2.18. The topological polar surface area (TPSA) is 53.1 Å². The zero-order valence-electron chi connectivity index (χ0n) is 8.36. The molecular formula is C8H16F3N3. The van der Waals surface area contributed by atoms with E-state index in [9.17, 15) is 13.2 Å². The summed E-state index contributed by atoms with van der Waals surface area (Å²) in [5.41, 5.74) is 5.12. The Labute approximate surface area is 81.6 Å². The zero-order chi connectivity index (χ0) is 11.4. The van der Waals surface area contributed by atoms with Gasteiger partial charge in [-0.3, -0.25) is 10.3 Å². The van der Waals surface area contributed by atoms with E-state index in [1.165, 1.54) is 4.90 Å². The second-order valence-electron chi connectivity index (χ2n) is 3.26. The van der Waals surface area contributed by atoms with Crippen molar-refractivity contribution in [3.63, 3.8) is 0 Å². The SMILES string of the molecule is CCN(CC(F)(F)F)C(C)CC(=N)N. The lowest BCUT2D eigenvalue weighted by Gasteiger charge is -2.28. The number of alkyl halides is 3. The molecule has 0 saturated heterocycles. The Bertz CT molecular complexity index is 191. The van der Waals surface area contributed by atoms with Crippen molar-refractivity contribution in [2.45, 2.75) is 32.5 Å². The van der Waals surface area contributed by atoms with Crippen LogP contribution in [-0.4, -0.2) is 36.0 Å². The van der Waals surface area contributed by atoms with Gasteiger partial charge in [-0.1, -0.05) is 6.92 Å². The third-order valence-corrected chi connectivity index (χ3v) is 1.93. The molecule has 6 heteroatoms. The number of hydrogen-bond donors (Lipinski definition) is 2. The van der Waals surface area contributed by atoms with Gasteiger partial charge in [-0.25, -0.2) is 0 Å². The maximum absolute atomic E-state index is 12.1. The van der Waals surface area contributed by atoms with Crippen molar-refractivity contribution in [2.24, 2.45) is 5.73 Å². The summed E-state index contributed by atoms with van der Waals surface area (Å²) in [6.07, 6.45) is -4.02. The zero-order valence-corrected chi connectivity index (χ0v) is 8.36. The van der Waals surface area contributed by atoms with Crippen LogP contribution in [-0.2, 0) is 0 Å². The monoisotopic (exact) mass is 211 g/mol. The summed E-state index contributed by atoms with van der Waals surface area (Å²) < 4.78 is 36.2. The van der Waals surface area contributed by atoms with Crippen molar-refractivity contribution in [3.8, 4) is 0 Å². The van der Waals surface area contributed by atoms with Crippen molar-refractivity contribution in [1.29, 1.82) is 5.41 Å². The molecule has 14 heavy (non-hydrogen) atoms. The highest BCUT2D eigenvalue weighted by molar-refractivity contribution is 5.77. The van der Waals surface area contributed by atoms with Crippen LogP contribution < -0.4 is 5.73 Å². The second-order valence-corrected chi connectivity index (χ2v) is 3.26. The van der Waals surface area contributed by atoms with Crippen molar-refractivity contribution in [1.82, 2.24) is 4.90 Å². The Kier molecular flexibility index (Phi) is 4.90. The first-order valence-corrected chi connectivity index (χ1v) is 4.40. The van der Waals surface area contributed by atoms with Gasteiger partial charge in [0.2, 0.25) is 0 Å². The van der Waals surface area contributed by atoms with Gasteiger partial charge in [-0.2, -0.15) is 13.2 Å². The molecule has 0 aromatic rings. The van der Waals surface area contributed by atoms with E-state index in [4.69, 9.17) is 11.1 Å². The highest BCUT2D eigenvalue weighted by atomic mass is 19.4. The fourth-order valence-electron chi connectivity index (χ4n) is 1.26. The van der Waals surface area contributed by atoms with E-state index in [1.807, 2.05) is 0 Å². The molecule has 0 amide bonds. The summed E-state index contributed by atoms with van der Waals surface area (Å²) in [4.78, 5) is 1.25. The average molecular weight is 211 g/mol. The van der Waals surface area contributed by atoms with E-state index >= 15 is 0 Å². The molecule has 1 atom stereocenters. The molecule has 0 aliphatic rings. The summed E-state index contributed by atoms with van der Waals surface area (Å²) in [6.45, 7) is 2.64. The Balaban J connectivity index is 4.19. The van der Waals surface area contributed by atoms with Crippen LogP contribution in [0.15, 0.2) is 0 Å². The average Bonchev–Trinajstić information content (AvgIpc) is 1.96. The van der Waals surface area contributed by atoms with Crippen molar-refractivity contribution in [2.75, 3.05) is 13.1 Å². The smallest absolute Gasteiger partial charge is 0.388 e. The van der Waals surface area contributed by atoms with E-state index in [1.54, 1.807) is 13.8 Å². The standard InChI is InChI=1S/C8H16F3N3/c1-3-14(5-8(9,10)11)6(2)4-7(12)13/h6H,3-5H2,1-2H3,(H3,12,13). The van der Waals surface area contributed by atoms with Gasteiger partial charge in [0.15, 0.2) is 0 Å². The molecule has 3 nitrogen and oxygen atoms in total. The molecule has 3 N–H and O–H groups in total. The molecular weight excluding hydrogens is 195 g/mol. The Morgan fingerprint density at radius 1 is 1.50 bits per heavy atom. The Morgan fingerprint density at radius 3 is 2.29 bits per heavy atom. The van der Waals surface area contributed by atoms with Crippen LogP contribution in [0.5, 0.6) is 0 Å². The third kappa shape index (κ3) is 5.80. The van der Waals surface area contributed by atoms with Crippen LogP contribution in [0.3, 0.4) is 0 Å². The molecule has 0 aromatic heterocycles. The first-order valence-electron chi connectivity index (χ1n) is 4.40. The predicted molar refractivity (Wildman–Crippen MR) is 49.3 cm³/mol. The van der Waals surface area contributed by atoms with Crippen LogP contribution in [0, 0.1) is 5.41 Å². The van der Waals surface area contributed by atoms with E-state index in [0.717, 1.165) is 0 Å². The molecule has 0 aromatic carbocycles. The van der Waals surface area contributed by atoms with Gasteiger partial charge in [0, 0.05) is 12.5 Å². The maximum atomic E-state index is 12.1. The first kappa shape index (κ1) is 13.2. The second kappa shape index (κ2) is 5.19. The summed E-state index contributed by atoms with van der Waals surface area (Å²) in [5, 5.41) is 6.99. The minimum atomic E-state index is -4.19. The van der Waals surface area contributed by atoms with Crippen LogP contribution in [0.2, 0.25) is 0 Å². The summed E-state index contributed by atoms with van der Waals surface area (Å²) in [7, 11) is 0. The molecule has 0 fully saturated rings. The number of nitrogens with two attached hydrogens (primary N) is 1. The van der Waals surface area contributed by atoms with Crippen molar-refractivity contribution >= 4 is 5.84 Å². The number of hydrogen-bond acceptors (Lipinski definition) is 2. The Hall–Kier alpha value is -0.780. The van der Waals surface area contributed by atoms with E-state index < -0.39 is 12.7 Å². The lowest BCUT2D eigenvalue weighted by Crippen LogP contribution is -2.41. The third-order valence-electron chi connectivity index (χ3n) is 1.93. The minimum absolute atomic E-state index is 0.0851. The summed E-state index contributed by atoms with van der Waals surface area (Å²) >= 11 is 0. The summed E-state index contributed by atoms with van der Waals surface area (Å²) in [6, 6.07) is -0.348. The molecule has 0 rings (SSSR count). The van der Waals surface area contributed by atoms with E-state index in [2.05, 4.69) is 0 Å². The van der Waals surface area contributed by atoms with Gasteiger partial charge < -0.3 is 5.73 Å². The van der Waals surface area contributed by atoms with E-state index in [0.29, 0.717) is 6.54 Å². The molecule has 0 heterocycles. The molecule has 0 radical (unpaired) electrons. The summed E-state index contributed by atoms with van der Waals surface area (Å²) in [5.74, 6) is -0.0851. The largest absolute Gasteiger partial charge is 0.401 e. The molecule has 1 unspecified atom stereocenters. The van der Waals surface area contributed by atoms with Gasteiger partial charge in [0.25, 0.3) is 0 Å². The van der Waals surface area contributed by atoms with Gasteiger partial charge in [-0.05, 0) is 13.5 Å². The first-order chi connectivity index (χ1) is 6.26. The molecule has 0 aliphatic heterocycles. The number of nitrogens with one attached hydrogen (secondary N) is 1. The van der Waals surface area contributed by atoms with Gasteiger partial charge in [0.1, 0.15) is 0 Å². The van der Waals surface area contributed by atoms with Crippen molar-refractivity contribution in [3.05, 3.63) is 0 Å². The van der Waals surface area contributed by atoms with Crippen LogP contribution >= 0.6 is 0 Å².